The monoisotopic (exact) mass is 376 g/mol. The second kappa shape index (κ2) is 6.62. The highest BCUT2D eigenvalue weighted by Gasteiger charge is 2.06. The Hall–Kier alpha value is -0.740. The van der Waals surface area contributed by atoms with Crippen LogP contribution in [0.1, 0.15) is 5.56 Å². The summed E-state index contributed by atoms with van der Waals surface area (Å²) in [5, 5.41) is 5.42. The Labute approximate surface area is 134 Å². The topological polar surface area (TPSA) is 24.4 Å². The summed E-state index contributed by atoms with van der Waals surface area (Å²) in [5.74, 6) is 0. The highest BCUT2D eigenvalue weighted by atomic mass is 79.9. The third kappa shape index (κ3) is 4.11. The largest absolute Gasteiger partial charge is 0.275 e. The van der Waals surface area contributed by atoms with Gasteiger partial charge in [0.1, 0.15) is 0 Å². The van der Waals surface area contributed by atoms with Crippen molar-refractivity contribution in [2.75, 3.05) is 5.43 Å². The summed E-state index contributed by atoms with van der Waals surface area (Å²) in [5.41, 5.74) is 4.28. The molecule has 0 aromatic heterocycles. The molecule has 0 atom stereocenters. The summed E-state index contributed by atoms with van der Waals surface area (Å²) < 4.78 is 0.985. The molecule has 0 saturated carbocycles. The number of halogens is 4. The summed E-state index contributed by atoms with van der Waals surface area (Å²) in [6.07, 6.45) is 1.67. The van der Waals surface area contributed by atoms with Crippen molar-refractivity contribution in [2.24, 2.45) is 5.10 Å². The third-order valence-corrected chi connectivity index (χ3v) is 3.55. The van der Waals surface area contributed by atoms with Crippen molar-refractivity contribution in [1.82, 2.24) is 0 Å². The van der Waals surface area contributed by atoms with Gasteiger partial charge in [0.15, 0.2) is 0 Å². The van der Waals surface area contributed by atoms with Gasteiger partial charge in [0.2, 0.25) is 0 Å². The van der Waals surface area contributed by atoms with Crippen LogP contribution in [0.5, 0.6) is 0 Å². The van der Waals surface area contributed by atoms with E-state index < -0.39 is 0 Å². The van der Waals surface area contributed by atoms with Crippen LogP contribution in [0.25, 0.3) is 0 Å². The number of rotatable bonds is 3. The van der Waals surface area contributed by atoms with Crippen molar-refractivity contribution >= 4 is 62.6 Å². The van der Waals surface area contributed by atoms with Crippen molar-refractivity contribution in [2.45, 2.75) is 0 Å². The van der Waals surface area contributed by atoms with Crippen LogP contribution in [0.15, 0.2) is 46.0 Å². The van der Waals surface area contributed by atoms with E-state index in [1.807, 2.05) is 24.3 Å². The molecule has 2 aromatic carbocycles. The summed E-state index contributed by atoms with van der Waals surface area (Å²) >= 11 is 21.3. The molecule has 0 aliphatic heterocycles. The zero-order valence-corrected chi connectivity index (χ0v) is 13.4. The molecule has 0 bridgehead atoms. The quantitative estimate of drug-likeness (QED) is 0.525. The molecule has 0 aliphatic rings. The molecule has 1 N–H and O–H groups in total. The van der Waals surface area contributed by atoms with Crippen molar-refractivity contribution in [3.8, 4) is 0 Å². The first-order valence-electron chi connectivity index (χ1n) is 5.25. The molecular weight excluding hydrogens is 370 g/mol. The zero-order chi connectivity index (χ0) is 13.8. The van der Waals surface area contributed by atoms with Crippen molar-refractivity contribution in [3.05, 3.63) is 61.5 Å². The molecule has 0 fully saturated rings. The van der Waals surface area contributed by atoms with Gasteiger partial charge in [-0.25, -0.2) is 0 Å². The highest BCUT2D eigenvalue weighted by Crippen LogP contribution is 2.33. The highest BCUT2D eigenvalue weighted by molar-refractivity contribution is 9.10. The lowest BCUT2D eigenvalue weighted by Crippen LogP contribution is -1.92. The molecule has 19 heavy (non-hydrogen) atoms. The maximum atomic E-state index is 6.03. The lowest BCUT2D eigenvalue weighted by Gasteiger charge is -2.06. The lowest BCUT2D eigenvalue weighted by molar-refractivity contribution is 1.35. The average Bonchev–Trinajstić information content (AvgIpc) is 2.32. The van der Waals surface area contributed by atoms with Gasteiger partial charge in [-0.15, -0.1) is 0 Å². The van der Waals surface area contributed by atoms with Crippen molar-refractivity contribution in [3.63, 3.8) is 0 Å². The summed E-state index contributed by atoms with van der Waals surface area (Å²) in [7, 11) is 0. The molecule has 0 amide bonds. The molecule has 0 unspecified atom stereocenters. The number of benzene rings is 2. The zero-order valence-electron chi connectivity index (χ0n) is 9.50. The molecule has 0 radical (unpaired) electrons. The minimum absolute atomic E-state index is 0.420. The average molecular weight is 378 g/mol. The Morgan fingerprint density at radius 2 is 1.74 bits per heavy atom. The van der Waals surface area contributed by atoms with Gasteiger partial charge >= 0.3 is 0 Å². The fourth-order valence-corrected chi connectivity index (χ4v) is 2.73. The fourth-order valence-electron chi connectivity index (χ4n) is 1.41. The van der Waals surface area contributed by atoms with Gasteiger partial charge in [-0.2, -0.15) is 5.10 Å². The van der Waals surface area contributed by atoms with E-state index in [0.717, 1.165) is 10.0 Å². The van der Waals surface area contributed by atoms with E-state index in [0.29, 0.717) is 20.8 Å². The van der Waals surface area contributed by atoms with Gasteiger partial charge < -0.3 is 0 Å². The minimum Gasteiger partial charge on any atom is -0.275 e. The maximum absolute atomic E-state index is 6.03. The molecule has 0 spiro atoms. The number of hydrogen-bond donors (Lipinski definition) is 1. The number of nitrogens with zero attached hydrogens (tertiary/aromatic N) is 1. The van der Waals surface area contributed by atoms with Gasteiger partial charge in [-0.1, -0.05) is 62.9 Å². The van der Waals surface area contributed by atoms with Crippen LogP contribution >= 0.6 is 50.7 Å². The van der Waals surface area contributed by atoms with Gasteiger partial charge in [0.05, 0.1) is 21.9 Å². The Balaban J connectivity index is 2.15. The maximum Gasteiger partial charge on any atom is 0.0935 e. The van der Waals surface area contributed by atoms with E-state index in [4.69, 9.17) is 34.8 Å². The van der Waals surface area contributed by atoms with Crippen molar-refractivity contribution < 1.29 is 0 Å². The van der Waals surface area contributed by atoms with Crippen LogP contribution in [0.3, 0.4) is 0 Å². The van der Waals surface area contributed by atoms with E-state index in [-0.39, 0.29) is 0 Å². The number of nitrogens with one attached hydrogen (secondary N) is 1. The predicted octanol–water partition coefficient (Wildman–Crippen LogP) is 5.86. The second-order valence-electron chi connectivity index (χ2n) is 3.67. The predicted molar refractivity (Wildman–Crippen MR) is 86.8 cm³/mol. The Bertz CT molecular complexity index is 606. The molecule has 0 heterocycles. The van der Waals surface area contributed by atoms with Crippen LogP contribution in [-0.2, 0) is 0 Å². The van der Waals surface area contributed by atoms with Gasteiger partial charge in [-0.05, 0) is 29.8 Å². The SMILES string of the molecule is Clc1cc(Cl)c(N/N=C\c2cccc(Br)c2)c(Cl)c1. The summed E-state index contributed by atoms with van der Waals surface area (Å²) in [6, 6.07) is 10.9. The van der Waals surface area contributed by atoms with E-state index >= 15 is 0 Å². The number of hydrazone groups is 1. The summed E-state index contributed by atoms with van der Waals surface area (Å²) in [6.45, 7) is 0. The van der Waals surface area contributed by atoms with Crippen molar-refractivity contribution in [1.29, 1.82) is 0 Å². The van der Waals surface area contributed by atoms with Crippen LogP contribution in [0, 0.1) is 0 Å². The first-order valence-corrected chi connectivity index (χ1v) is 7.18. The van der Waals surface area contributed by atoms with Gasteiger partial charge in [0.25, 0.3) is 0 Å². The van der Waals surface area contributed by atoms with E-state index in [1.165, 1.54) is 0 Å². The van der Waals surface area contributed by atoms with Crippen LogP contribution in [-0.4, -0.2) is 6.21 Å². The first-order chi connectivity index (χ1) is 9.06. The van der Waals surface area contributed by atoms with E-state index in [1.54, 1.807) is 18.3 Å². The molecule has 2 nitrogen and oxygen atoms in total. The van der Waals surface area contributed by atoms with Crippen LogP contribution in [0.2, 0.25) is 15.1 Å². The van der Waals surface area contributed by atoms with Gasteiger partial charge in [0, 0.05) is 9.50 Å². The normalized spacial score (nSPS) is 10.9. The smallest absolute Gasteiger partial charge is 0.0935 e. The molecular formula is C13H8BrCl3N2. The number of anilines is 1. The molecule has 2 rings (SSSR count). The molecule has 98 valence electrons. The molecule has 0 saturated heterocycles. The third-order valence-electron chi connectivity index (χ3n) is 2.25. The van der Waals surface area contributed by atoms with Gasteiger partial charge in [-0.3, -0.25) is 5.43 Å². The second-order valence-corrected chi connectivity index (χ2v) is 5.84. The van der Waals surface area contributed by atoms with Crippen LogP contribution < -0.4 is 5.43 Å². The first kappa shape index (κ1) is 14.7. The Morgan fingerprint density at radius 1 is 1.05 bits per heavy atom. The minimum atomic E-state index is 0.420. The molecule has 2 aromatic rings. The molecule has 0 aliphatic carbocycles. The molecule has 6 heteroatoms. The fraction of sp³-hybridized carbons (Fsp3) is 0. The lowest BCUT2D eigenvalue weighted by atomic mass is 10.2. The Morgan fingerprint density at radius 3 is 2.37 bits per heavy atom. The number of hydrogen-bond acceptors (Lipinski definition) is 2. The standard InChI is InChI=1S/C13H8BrCl3N2/c14-9-3-1-2-8(4-9)7-18-19-13-11(16)5-10(15)6-12(13)17/h1-7,19H/b18-7-. The van der Waals surface area contributed by atoms with E-state index in [2.05, 4.69) is 26.5 Å². The van der Waals surface area contributed by atoms with E-state index in [9.17, 15) is 0 Å². The van der Waals surface area contributed by atoms with Crippen LogP contribution in [0.4, 0.5) is 5.69 Å². The summed E-state index contributed by atoms with van der Waals surface area (Å²) in [4.78, 5) is 0. The Kier molecular flexibility index (Phi) is 5.11.